The van der Waals surface area contributed by atoms with Crippen LogP contribution in [0.1, 0.15) is 23.6 Å². The van der Waals surface area contributed by atoms with E-state index in [2.05, 4.69) is 77.6 Å². The molecule has 94 valence electrons. The van der Waals surface area contributed by atoms with Gasteiger partial charge >= 0.3 is 0 Å². The first-order valence-corrected chi connectivity index (χ1v) is 7.06. The number of halogens is 1. The molecule has 0 saturated carbocycles. The Morgan fingerprint density at radius 1 is 1.06 bits per heavy atom. The first-order valence-electron chi connectivity index (χ1n) is 6.27. The Kier molecular flexibility index (Phi) is 4.43. The molecule has 0 aromatic heterocycles. The molecule has 2 aromatic carbocycles. The zero-order valence-corrected chi connectivity index (χ0v) is 12.4. The Morgan fingerprint density at radius 2 is 1.89 bits per heavy atom. The summed E-state index contributed by atoms with van der Waals surface area (Å²) in [5.74, 6) is 0. The van der Waals surface area contributed by atoms with Gasteiger partial charge in [-0.3, -0.25) is 0 Å². The summed E-state index contributed by atoms with van der Waals surface area (Å²) in [6, 6.07) is 15.1. The molecule has 0 aliphatic rings. The van der Waals surface area contributed by atoms with Crippen LogP contribution >= 0.6 is 15.9 Å². The average Bonchev–Trinajstić information content (AvgIpc) is 2.40. The zero-order valence-electron chi connectivity index (χ0n) is 10.8. The van der Waals surface area contributed by atoms with Gasteiger partial charge in [-0.1, -0.05) is 47.1 Å². The number of rotatable bonds is 4. The predicted molar refractivity (Wildman–Crippen MR) is 82.0 cm³/mol. The van der Waals surface area contributed by atoms with Crippen molar-refractivity contribution in [2.75, 3.05) is 5.32 Å². The molecule has 2 rings (SSSR count). The monoisotopic (exact) mass is 303 g/mol. The molecule has 0 unspecified atom stereocenters. The molecule has 0 amide bonds. The molecule has 2 heteroatoms. The fraction of sp³-hybridized carbons (Fsp3) is 0.250. The van der Waals surface area contributed by atoms with E-state index in [1.807, 2.05) is 0 Å². The van der Waals surface area contributed by atoms with Gasteiger partial charge < -0.3 is 5.32 Å². The maximum Gasteiger partial charge on any atom is 0.0400 e. The van der Waals surface area contributed by atoms with E-state index in [4.69, 9.17) is 0 Å². The van der Waals surface area contributed by atoms with Crippen molar-refractivity contribution in [2.24, 2.45) is 0 Å². The number of aryl methyl sites for hydroxylation is 2. The van der Waals surface area contributed by atoms with Crippen molar-refractivity contribution in [3.05, 3.63) is 63.6 Å². The lowest BCUT2D eigenvalue weighted by Gasteiger charge is -2.09. The first kappa shape index (κ1) is 13.2. The molecule has 0 spiro atoms. The summed E-state index contributed by atoms with van der Waals surface area (Å²) in [4.78, 5) is 0. The first-order chi connectivity index (χ1) is 8.69. The van der Waals surface area contributed by atoms with E-state index in [0.717, 1.165) is 13.0 Å². The molecule has 0 bridgehead atoms. The highest BCUT2D eigenvalue weighted by Crippen LogP contribution is 2.18. The fourth-order valence-corrected chi connectivity index (χ4v) is 2.17. The molecule has 0 fully saturated rings. The third-order valence-electron chi connectivity index (χ3n) is 3.05. The second-order valence-corrected chi connectivity index (χ2v) is 5.35. The molecule has 0 saturated heterocycles. The van der Waals surface area contributed by atoms with Gasteiger partial charge in [0.25, 0.3) is 0 Å². The largest absolute Gasteiger partial charge is 0.381 e. The molecule has 1 N–H and O–H groups in total. The van der Waals surface area contributed by atoms with Crippen LogP contribution in [0, 0.1) is 6.92 Å². The Labute approximate surface area is 117 Å². The van der Waals surface area contributed by atoms with E-state index in [0.29, 0.717) is 0 Å². The summed E-state index contributed by atoms with van der Waals surface area (Å²) < 4.78 is 1.17. The summed E-state index contributed by atoms with van der Waals surface area (Å²) >= 11 is 3.52. The standard InChI is InChI=1S/C16H18BrN/c1-3-13-5-4-6-15(10-13)18-11-14-7-8-16(17)12(2)9-14/h4-10,18H,3,11H2,1-2H3. The molecule has 18 heavy (non-hydrogen) atoms. The summed E-state index contributed by atoms with van der Waals surface area (Å²) in [5, 5.41) is 3.47. The number of hydrogen-bond acceptors (Lipinski definition) is 1. The van der Waals surface area contributed by atoms with Gasteiger partial charge in [-0.15, -0.1) is 0 Å². The molecular weight excluding hydrogens is 286 g/mol. The average molecular weight is 304 g/mol. The van der Waals surface area contributed by atoms with Gasteiger partial charge in [0.05, 0.1) is 0 Å². The molecule has 0 aliphatic carbocycles. The lowest BCUT2D eigenvalue weighted by molar-refractivity contribution is 1.11. The Hall–Kier alpha value is -1.28. The zero-order chi connectivity index (χ0) is 13.0. The number of hydrogen-bond donors (Lipinski definition) is 1. The van der Waals surface area contributed by atoms with Gasteiger partial charge in [0.1, 0.15) is 0 Å². The highest BCUT2D eigenvalue weighted by Gasteiger charge is 1.98. The predicted octanol–water partition coefficient (Wildman–Crippen LogP) is 4.93. The van der Waals surface area contributed by atoms with Crippen molar-refractivity contribution in [1.82, 2.24) is 0 Å². The fourth-order valence-electron chi connectivity index (χ4n) is 1.92. The molecule has 1 nitrogen and oxygen atoms in total. The summed E-state index contributed by atoms with van der Waals surface area (Å²) in [6.45, 7) is 5.16. The molecule has 0 heterocycles. The van der Waals surface area contributed by atoms with Crippen molar-refractivity contribution in [2.45, 2.75) is 26.8 Å². The van der Waals surface area contributed by atoms with Crippen molar-refractivity contribution in [3.8, 4) is 0 Å². The highest BCUT2D eigenvalue weighted by molar-refractivity contribution is 9.10. The van der Waals surface area contributed by atoms with Gasteiger partial charge in [-0.2, -0.15) is 0 Å². The molecule has 2 aromatic rings. The van der Waals surface area contributed by atoms with Crippen LogP contribution in [-0.2, 0) is 13.0 Å². The normalized spacial score (nSPS) is 10.4. The lowest BCUT2D eigenvalue weighted by atomic mass is 10.1. The van der Waals surface area contributed by atoms with E-state index in [1.165, 1.54) is 26.9 Å². The van der Waals surface area contributed by atoms with E-state index in [-0.39, 0.29) is 0 Å². The van der Waals surface area contributed by atoms with Gasteiger partial charge in [-0.25, -0.2) is 0 Å². The third-order valence-corrected chi connectivity index (χ3v) is 3.94. The van der Waals surface area contributed by atoms with E-state index < -0.39 is 0 Å². The number of anilines is 1. The molecule has 0 atom stereocenters. The molecule has 0 aliphatic heterocycles. The Morgan fingerprint density at radius 3 is 2.61 bits per heavy atom. The SMILES string of the molecule is CCc1cccc(NCc2ccc(Br)c(C)c2)c1. The van der Waals surface area contributed by atoms with Crippen molar-refractivity contribution in [3.63, 3.8) is 0 Å². The minimum Gasteiger partial charge on any atom is -0.381 e. The highest BCUT2D eigenvalue weighted by atomic mass is 79.9. The Balaban J connectivity index is 2.04. The van der Waals surface area contributed by atoms with Crippen LogP contribution in [0.3, 0.4) is 0 Å². The minimum absolute atomic E-state index is 0.862. The van der Waals surface area contributed by atoms with E-state index in [1.54, 1.807) is 0 Å². The quantitative estimate of drug-likeness (QED) is 0.844. The topological polar surface area (TPSA) is 12.0 Å². The number of benzene rings is 2. The van der Waals surface area contributed by atoms with Crippen LogP contribution in [0.4, 0.5) is 5.69 Å². The van der Waals surface area contributed by atoms with Crippen molar-refractivity contribution >= 4 is 21.6 Å². The van der Waals surface area contributed by atoms with Crippen LogP contribution in [0.25, 0.3) is 0 Å². The van der Waals surface area contributed by atoms with E-state index >= 15 is 0 Å². The van der Waals surface area contributed by atoms with Crippen LogP contribution in [-0.4, -0.2) is 0 Å². The lowest BCUT2D eigenvalue weighted by Crippen LogP contribution is -2.00. The summed E-state index contributed by atoms with van der Waals surface area (Å²) in [6.07, 6.45) is 1.08. The van der Waals surface area contributed by atoms with Gasteiger partial charge in [0.15, 0.2) is 0 Å². The summed E-state index contributed by atoms with van der Waals surface area (Å²) in [7, 11) is 0. The Bertz CT molecular complexity index is 534. The van der Waals surface area contributed by atoms with Gasteiger partial charge in [0.2, 0.25) is 0 Å². The van der Waals surface area contributed by atoms with Crippen molar-refractivity contribution < 1.29 is 0 Å². The van der Waals surface area contributed by atoms with Gasteiger partial charge in [0, 0.05) is 16.7 Å². The maximum absolute atomic E-state index is 3.52. The van der Waals surface area contributed by atoms with Crippen LogP contribution in [0.2, 0.25) is 0 Å². The second kappa shape index (κ2) is 6.05. The van der Waals surface area contributed by atoms with Crippen LogP contribution in [0.5, 0.6) is 0 Å². The third kappa shape index (κ3) is 3.36. The van der Waals surface area contributed by atoms with Gasteiger partial charge in [-0.05, 0) is 48.2 Å². The molecular formula is C16H18BrN. The molecule has 0 radical (unpaired) electrons. The smallest absolute Gasteiger partial charge is 0.0400 e. The minimum atomic E-state index is 0.862. The number of nitrogens with one attached hydrogen (secondary N) is 1. The second-order valence-electron chi connectivity index (χ2n) is 4.49. The van der Waals surface area contributed by atoms with E-state index in [9.17, 15) is 0 Å². The van der Waals surface area contributed by atoms with Crippen LogP contribution < -0.4 is 5.32 Å². The van der Waals surface area contributed by atoms with Crippen molar-refractivity contribution in [1.29, 1.82) is 0 Å². The van der Waals surface area contributed by atoms with Crippen LogP contribution in [0.15, 0.2) is 46.9 Å². The summed E-state index contributed by atoms with van der Waals surface area (Å²) in [5.41, 5.74) is 5.14. The maximum atomic E-state index is 3.52.